The van der Waals surface area contributed by atoms with Crippen LogP contribution in [0.15, 0.2) is 53.4 Å². The molecule has 0 unspecified atom stereocenters. The van der Waals surface area contributed by atoms with E-state index in [-0.39, 0.29) is 11.7 Å². The Kier molecular flexibility index (Phi) is 5.97. The Morgan fingerprint density at radius 3 is 2.19 bits per heavy atom. The van der Waals surface area contributed by atoms with Crippen LogP contribution >= 0.6 is 0 Å². The molecular weight excluding hydrogens is 360 g/mol. The first kappa shape index (κ1) is 19.6. The minimum Gasteiger partial charge on any atom is -0.339 e. The first-order chi connectivity index (χ1) is 12.9. The Hall–Kier alpha value is -2.18. The van der Waals surface area contributed by atoms with Crippen molar-refractivity contribution >= 4 is 15.7 Å². The van der Waals surface area contributed by atoms with E-state index in [1.807, 2.05) is 18.9 Å². The van der Waals surface area contributed by atoms with Crippen molar-refractivity contribution in [3.8, 4) is 0 Å². The predicted molar refractivity (Wildman–Crippen MR) is 106 cm³/mol. The van der Waals surface area contributed by atoms with Gasteiger partial charge in [0, 0.05) is 24.7 Å². The van der Waals surface area contributed by atoms with Gasteiger partial charge in [0.2, 0.25) is 0 Å². The van der Waals surface area contributed by atoms with E-state index in [9.17, 15) is 13.2 Å². The first-order valence-electron chi connectivity index (χ1n) is 9.24. The van der Waals surface area contributed by atoms with E-state index >= 15 is 0 Å². The van der Waals surface area contributed by atoms with Crippen molar-refractivity contribution in [2.45, 2.75) is 36.5 Å². The number of aryl methyl sites for hydroxylation is 1. The molecule has 0 aromatic heterocycles. The van der Waals surface area contributed by atoms with Gasteiger partial charge in [-0.05, 0) is 56.6 Å². The number of nitrogens with one attached hydrogen (secondary N) is 1. The van der Waals surface area contributed by atoms with Gasteiger partial charge < -0.3 is 10.2 Å². The van der Waals surface area contributed by atoms with Gasteiger partial charge in [-0.25, -0.2) is 8.42 Å². The van der Waals surface area contributed by atoms with Crippen LogP contribution in [0.1, 0.15) is 34.3 Å². The number of hydrogen-bond donors (Lipinski definition) is 1. The molecule has 0 aliphatic carbocycles. The van der Waals surface area contributed by atoms with Gasteiger partial charge in [-0.2, -0.15) is 0 Å². The van der Waals surface area contributed by atoms with Gasteiger partial charge in [-0.15, -0.1) is 0 Å². The molecule has 6 heteroatoms. The second-order valence-electron chi connectivity index (χ2n) is 7.12. The molecule has 27 heavy (non-hydrogen) atoms. The third-order valence-corrected chi connectivity index (χ3v) is 6.83. The number of rotatable bonds is 5. The van der Waals surface area contributed by atoms with Gasteiger partial charge >= 0.3 is 0 Å². The third-order valence-electron chi connectivity index (χ3n) is 5.13. The maximum absolute atomic E-state index is 12.6. The third kappa shape index (κ3) is 4.76. The van der Waals surface area contributed by atoms with E-state index in [2.05, 4.69) is 5.32 Å². The average molecular weight is 387 g/mol. The summed E-state index contributed by atoms with van der Waals surface area (Å²) in [6, 6.07) is 14.3. The van der Waals surface area contributed by atoms with Crippen molar-refractivity contribution in [2.24, 2.45) is 0 Å². The fraction of sp³-hybridized carbons (Fsp3) is 0.381. The first-order valence-corrected chi connectivity index (χ1v) is 10.9. The molecule has 0 spiro atoms. The standard InChI is InChI=1S/C21H26N2O3S/c1-16-3-9-20(10-4-16)27(25,26)15-17-5-7-18(8-6-17)21(24)23-13-11-19(22-2)12-14-23/h3-10,19,22H,11-15H2,1-2H3. The van der Waals surface area contributed by atoms with Crippen molar-refractivity contribution in [1.29, 1.82) is 0 Å². The fourth-order valence-corrected chi connectivity index (χ4v) is 4.69. The lowest BCUT2D eigenvalue weighted by Crippen LogP contribution is -2.43. The van der Waals surface area contributed by atoms with Crippen LogP contribution in [0.2, 0.25) is 0 Å². The molecule has 144 valence electrons. The van der Waals surface area contributed by atoms with E-state index in [4.69, 9.17) is 0 Å². The van der Waals surface area contributed by atoms with Gasteiger partial charge in [0.15, 0.2) is 9.84 Å². The van der Waals surface area contributed by atoms with Crippen LogP contribution in [0, 0.1) is 6.92 Å². The molecule has 0 atom stereocenters. The summed E-state index contributed by atoms with van der Waals surface area (Å²) in [5.74, 6) is -0.0598. The highest BCUT2D eigenvalue weighted by molar-refractivity contribution is 7.90. The van der Waals surface area contributed by atoms with Crippen molar-refractivity contribution in [3.05, 3.63) is 65.2 Å². The molecule has 2 aromatic carbocycles. The summed E-state index contributed by atoms with van der Waals surface area (Å²) in [5, 5.41) is 3.25. The maximum atomic E-state index is 12.6. The number of nitrogens with zero attached hydrogens (tertiary/aromatic N) is 1. The quantitative estimate of drug-likeness (QED) is 0.858. The van der Waals surface area contributed by atoms with Gasteiger partial charge in [0.25, 0.3) is 5.91 Å². The molecule has 5 nitrogen and oxygen atoms in total. The molecule has 1 heterocycles. The average Bonchev–Trinajstić information content (AvgIpc) is 2.68. The van der Waals surface area contributed by atoms with E-state index in [0.717, 1.165) is 31.5 Å². The normalized spacial score (nSPS) is 15.7. The number of hydrogen-bond acceptors (Lipinski definition) is 4. The van der Waals surface area contributed by atoms with Crippen LogP contribution < -0.4 is 5.32 Å². The highest BCUT2D eigenvalue weighted by atomic mass is 32.2. The molecular formula is C21H26N2O3S. The second kappa shape index (κ2) is 8.23. The lowest BCUT2D eigenvalue weighted by Gasteiger charge is -2.31. The number of piperidine rings is 1. The number of carbonyl (C=O) groups is 1. The fourth-order valence-electron chi connectivity index (χ4n) is 3.35. The molecule has 3 rings (SSSR count). The van der Waals surface area contributed by atoms with Crippen LogP contribution in [0.5, 0.6) is 0 Å². The smallest absolute Gasteiger partial charge is 0.253 e. The summed E-state index contributed by atoms with van der Waals surface area (Å²) >= 11 is 0. The van der Waals surface area contributed by atoms with E-state index in [1.54, 1.807) is 48.5 Å². The summed E-state index contributed by atoms with van der Waals surface area (Å²) in [5.41, 5.74) is 2.31. The van der Waals surface area contributed by atoms with Gasteiger partial charge in [-0.1, -0.05) is 29.8 Å². The van der Waals surface area contributed by atoms with Crippen molar-refractivity contribution in [1.82, 2.24) is 10.2 Å². The largest absolute Gasteiger partial charge is 0.339 e. The Morgan fingerprint density at radius 1 is 1.04 bits per heavy atom. The number of likely N-dealkylation sites (tertiary alicyclic amines) is 1. The maximum Gasteiger partial charge on any atom is 0.253 e. The number of carbonyl (C=O) groups excluding carboxylic acids is 1. The SMILES string of the molecule is CNC1CCN(C(=O)c2ccc(CS(=O)(=O)c3ccc(C)cc3)cc2)CC1. The summed E-state index contributed by atoms with van der Waals surface area (Å²) in [7, 11) is -1.45. The van der Waals surface area contributed by atoms with Crippen LogP contribution in [-0.4, -0.2) is 45.4 Å². The Morgan fingerprint density at radius 2 is 1.63 bits per heavy atom. The minimum absolute atomic E-state index is 0.0116. The Balaban J connectivity index is 1.66. The molecule has 0 bridgehead atoms. The van der Waals surface area contributed by atoms with E-state index in [0.29, 0.717) is 22.1 Å². The predicted octanol–water partition coefficient (Wildman–Crippen LogP) is 2.79. The van der Waals surface area contributed by atoms with Crippen molar-refractivity contribution in [3.63, 3.8) is 0 Å². The molecule has 0 radical (unpaired) electrons. The summed E-state index contributed by atoms with van der Waals surface area (Å²) in [6.45, 7) is 3.41. The zero-order valence-electron chi connectivity index (χ0n) is 15.8. The highest BCUT2D eigenvalue weighted by Gasteiger charge is 2.23. The molecule has 1 aliphatic heterocycles. The van der Waals surface area contributed by atoms with E-state index < -0.39 is 9.84 Å². The van der Waals surface area contributed by atoms with E-state index in [1.165, 1.54) is 0 Å². The number of sulfone groups is 1. The van der Waals surface area contributed by atoms with Gasteiger partial charge in [0.1, 0.15) is 0 Å². The lowest BCUT2D eigenvalue weighted by molar-refractivity contribution is 0.0707. The zero-order valence-corrected chi connectivity index (χ0v) is 16.6. The number of benzene rings is 2. The molecule has 2 aromatic rings. The molecule has 1 N–H and O–H groups in total. The Bertz CT molecular complexity index is 882. The van der Waals surface area contributed by atoms with Crippen LogP contribution in [0.25, 0.3) is 0 Å². The lowest BCUT2D eigenvalue weighted by atomic mass is 10.0. The molecule has 1 fully saturated rings. The highest BCUT2D eigenvalue weighted by Crippen LogP contribution is 2.19. The molecule has 1 saturated heterocycles. The Labute approximate surface area is 161 Å². The summed E-state index contributed by atoms with van der Waals surface area (Å²) in [4.78, 5) is 14.8. The molecule has 1 amide bonds. The molecule has 1 aliphatic rings. The topological polar surface area (TPSA) is 66.5 Å². The molecule has 0 saturated carbocycles. The van der Waals surface area contributed by atoms with Crippen LogP contribution in [0.4, 0.5) is 0 Å². The van der Waals surface area contributed by atoms with Gasteiger partial charge in [-0.3, -0.25) is 4.79 Å². The minimum atomic E-state index is -3.40. The van der Waals surface area contributed by atoms with Crippen molar-refractivity contribution in [2.75, 3.05) is 20.1 Å². The number of amides is 1. The zero-order chi connectivity index (χ0) is 19.4. The van der Waals surface area contributed by atoms with Crippen LogP contribution in [0.3, 0.4) is 0 Å². The summed E-state index contributed by atoms with van der Waals surface area (Å²) in [6.07, 6.45) is 1.91. The monoisotopic (exact) mass is 386 g/mol. The summed E-state index contributed by atoms with van der Waals surface area (Å²) < 4.78 is 25.1. The van der Waals surface area contributed by atoms with Crippen molar-refractivity contribution < 1.29 is 13.2 Å². The van der Waals surface area contributed by atoms with Gasteiger partial charge in [0.05, 0.1) is 10.6 Å². The van der Waals surface area contributed by atoms with Crippen LogP contribution in [-0.2, 0) is 15.6 Å². The second-order valence-corrected chi connectivity index (χ2v) is 9.11.